The minimum atomic E-state index is -1.20. The molecule has 8 heteroatoms. The molecule has 17 heavy (non-hydrogen) atoms. The van der Waals surface area contributed by atoms with Gasteiger partial charge in [-0.1, -0.05) is 23.2 Å². The Hall–Kier alpha value is -1.29. The zero-order valence-electron chi connectivity index (χ0n) is 8.39. The molecule has 0 saturated heterocycles. The van der Waals surface area contributed by atoms with Crippen LogP contribution in [0.1, 0.15) is 0 Å². The van der Waals surface area contributed by atoms with Gasteiger partial charge in [0.1, 0.15) is 5.40 Å². The molecule has 0 amide bonds. The summed E-state index contributed by atoms with van der Waals surface area (Å²) in [6.07, 6.45) is 6.51. The number of nitriles is 1. The summed E-state index contributed by atoms with van der Waals surface area (Å²) in [4.78, 5) is 0. The number of hydrazine groups is 1. The molecular formula is C9H7Cl2N5S. The standard InChI is InChI=1S/C9H7Cl2N5S/c10-6-3-7-1-2-15(8(13)14)16(7)9(11,4-6)17-5-12/h1-4H,(H3,13,14). The van der Waals surface area contributed by atoms with Crippen molar-refractivity contribution in [2.75, 3.05) is 0 Å². The number of guanidine groups is 1. The molecule has 0 spiro atoms. The topological polar surface area (TPSA) is 80.1 Å². The summed E-state index contributed by atoms with van der Waals surface area (Å²) in [5.74, 6) is -0.195. The largest absolute Gasteiger partial charge is 0.368 e. The van der Waals surface area contributed by atoms with E-state index >= 15 is 0 Å². The predicted octanol–water partition coefficient (Wildman–Crippen LogP) is 2.05. The molecule has 0 radical (unpaired) electrons. The van der Waals surface area contributed by atoms with Crippen LogP contribution in [0.2, 0.25) is 0 Å². The van der Waals surface area contributed by atoms with Gasteiger partial charge in [-0.3, -0.25) is 5.41 Å². The maximum absolute atomic E-state index is 8.80. The fourth-order valence-electron chi connectivity index (χ4n) is 1.58. The second kappa shape index (κ2) is 4.18. The summed E-state index contributed by atoms with van der Waals surface area (Å²) >= 11 is 13.1. The molecule has 2 heterocycles. The Labute approximate surface area is 112 Å². The molecule has 0 bridgehead atoms. The normalized spacial score (nSPS) is 26.2. The van der Waals surface area contributed by atoms with E-state index in [1.165, 1.54) is 16.1 Å². The molecule has 5 nitrogen and oxygen atoms in total. The maximum Gasteiger partial charge on any atom is 0.214 e. The van der Waals surface area contributed by atoms with Gasteiger partial charge in [0.2, 0.25) is 10.3 Å². The van der Waals surface area contributed by atoms with E-state index in [9.17, 15) is 0 Å². The molecule has 3 N–H and O–H groups in total. The molecule has 0 saturated carbocycles. The Morgan fingerprint density at radius 1 is 1.65 bits per heavy atom. The van der Waals surface area contributed by atoms with Crippen molar-refractivity contribution < 1.29 is 0 Å². The molecule has 1 atom stereocenters. The number of nitrogens with one attached hydrogen (secondary N) is 1. The highest BCUT2D eigenvalue weighted by Gasteiger charge is 2.43. The number of hydrogen-bond donors (Lipinski definition) is 2. The SMILES string of the molecule is N#CSC1(Cl)C=C(Cl)C=C2C=CN(C(=N)N)N21. The number of nitrogens with two attached hydrogens (primary N) is 1. The van der Waals surface area contributed by atoms with Crippen molar-refractivity contribution in [3.8, 4) is 5.40 Å². The van der Waals surface area contributed by atoms with E-state index in [1.54, 1.807) is 18.4 Å². The number of halogens is 2. The average Bonchev–Trinajstić information content (AvgIpc) is 2.61. The first-order valence-electron chi connectivity index (χ1n) is 4.45. The fourth-order valence-corrected chi connectivity index (χ4v) is 2.96. The lowest BCUT2D eigenvalue weighted by Gasteiger charge is -2.41. The van der Waals surface area contributed by atoms with Gasteiger partial charge < -0.3 is 5.73 Å². The number of thiocyanates is 1. The van der Waals surface area contributed by atoms with Crippen LogP contribution in [0.25, 0.3) is 0 Å². The Morgan fingerprint density at radius 2 is 2.35 bits per heavy atom. The highest BCUT2D eigenvalue weighted by molar-refractivity contribution is 8.06. The average molecular weight is 288 g/mol. The summed E-state index contributed by atoms with van der Waals surface area (Å²) in [5, 5.41) is 21.5. The first-order valence-corrected chi connectivity index (χ1v) is 6.03. The Bertz CT molecular complexity index is 506. The number of nitrogens with zero attached hydrogens (tertiary/aromatic N) is 3. The number of rotatable bonds is 1. The van der Waals surface area contributed by atoms with E-state index in [0.717, 1.165) is 11.8 Å². The van der Waals surface area contributed by atoms with Crippen molar-refractivity contribution in [1.29, 1.82) is 10.7 Å². The number of alkyl halides is 1. The van der Waals surface area contributed by atoms with Crippen molar-refractivity contribution in [2.24, 2.45) is 5.73 Å². The van der Waals surface area contributed by atoms with Gasteiger partial charge in [-0.05, 0) is 18.2 Å². The Morgan fingerprint density at radius 3 is 2.94 bits per heavy atom. The lowest BCUT2D eigenvalue weighted by Crippen LogP contribution is -2.51. The minimum absolute atomic E-state index is 0.195. The van der Waals surface area contributed by atoms with Crippen molar-refractivity contribution in [2.45, 2.75) is 4.33 Å². The van der Waals surface area contributed by atoms with Gasteiger partial charge in [-0.2, -0.15) is 5.26 Å². The highest BCUT2D eigenvalue weighted by Crippen LogP contribution is 2.45. The number of allylic oxidation sites excluding steroid dienone is 3. The molecule has 0 fully saturated rings. The van der Waals surface area contributed by atoms with Gasteiger partial charge in [0, 0.05) is 23.0 Å². The van der Waals surface area contributed by atoms with Crippen LogP contribution >= 0.6 is 35.0 Å². The van der Waals surface area contributed by atoms with E-state index in [2.05, 4.69) is 0 Å². The van der Waals surface area contributed by atoms with Crippen LogP contribution < -0.4 is 5.73 Å². The third-order valence-electron chi connectivity index (χ3n) is 2.17. The second-order valence-electron chi connectivity index (χ2n) is 3.26. The third kappa shape index (κ3) is 1.97. The zero-order chi connectivity index (χ0) is 12.6. The van der Waals surface area contributed by atoms with Crippen molar-refractivity contribution in [3.63, 3.8) is 0 Å². The van der Waals surface area contributed by atoms with Gasteiger partial charge in [0.25, 0.3) is 0 Å². The predicted molar refractivity (Wildman–Crippen MR) is 68.5 cm³/mol. The number of thioether (sulfide) groups is 1. The van der Waals surface area contributed by atoms with Gasteiger partial charge in [-0.15, -0.1) is 0 Å². The molecule has 2 rings (SSSR count). The van der Waals surface area contributed by atoms with Crippen LogP contribution in [0.5, 0.6) is 0 Å². The summed E-state index contributed by atoms with van der Waals surface area (Å²) in [6, 6.07) is 0. The van der Waals surface area contributed by atoms with E-state index in [-0.39, 0.29) is 5.96 Å². The fraction of sp³-hybridized carbons (Fsp3) is 0.111. The van der Waals surface area contributed by atoms with E-state index in [4.69, 9.17) is 39.6 Å². The smallest absolute Gasteiger partial charge is 0.214 e. The number of fused-ring (bicyclic) bond motifs is 1. The monoisotopic (exact) mass is 287 g/mol. The van der Waals surface area contributed by atoms with E-state index < -0.39 is 4.33 Å². The van der Waals surface area contributed by atoms with E-state index in [0.29, 0.717) is 10.7 Å². The Kier molecular flexibility index (Phi) is 3.00. The molecule has 0 aromatic rings. The van der Waals surface area contributed by atoms with Crippen LogP contribution in [-0.2, 0) is 0 Å². The second-order valence-corrected chi connectivity index (χ2v) is 5.50. The zero-order valence-corrected chi connectivity index (χ0v) is 10.7. The van der Waals surface area contributed by atoms with Crippen LogP contribution in [0.4, 0.5) is 0 Å². The molecule has 2 aliphatic rings. The third-order valence-corrected chi connectivity index (χ3v) is 3.56. The van der Waals surface area contributed by atoms with Crippen LogP contribution in [0.15, 0.2) is 35.2 Å². The summed E-state index contributed by atoms with van der Waals surface area (Å²) < 4.78 is -1.20. The molecule has 88 valence electrons. The Balaban J connectivity index is 2.46. The molecule has 0 aromatic carbocycles. The summed E-state index contributed by atoms with van der Waals surface area (Å²) in [7, 11) is 0. The quantitative estimate of drug-likeness (QED) is 0.254. The maximum atomic E-state index is 8.80. The highest BCUT2D eigenvalue weighted by atomic mass is 35.5. The molecule has 0 aromatic heterocycles. The van der Waals surface area contributed by atoms with Crippen molar-refractivity contribution in [3.05, 3.63) is 35.2 Å². The summed E-state index contributed by atoms with van der Waals surface area (Å²) in [5.41, 5.74) is 6.11. The van der Waals surface area contributed by atoms with Crippen LogP contribution in [0.3, 0.4) is 0 Å². The minimum Gasteiger partial charge on any atom is -0.368 e. The molecule has 1 unspecified atom stereocenters. The van der Waals surface area contributed by atoms with Gasteiger partial charge in [-0.25, -0.2) is 10.0 Å². The first-order chi connectivity index (χ1) is 7.98. The van der Waals surface area contributed by atoms with Gasteiger partial charge >= 0.3 is 0 Å². The van der Waals surface area contributed by atoms with Crippen LogP contribution in [-0.4, -0.2) is 20.3 Å². The molecule has 0 aliphatic carbocycles. The molecular weight excluding hydrogens is 281 g/mol. The van der Waals surface area contributed by atoms with Crippen molar-refractivity contribution >= 4 is 40.9 Å². The van der Waals surface area contributed by atoms with Crippen LogP contribution in [0, 0.1) is 16.1 Å². The lowest BCUT2D eigenvalue weighted by atomic mass is 10.3. The lowest BCUT2D eigenvalue weighted by molar-refractivity contribution is 0.142. The molecule has 2 aliphatic heterocycles. The number of hydrogen-bond acceptors (Lipinski definition) is 4. The van der Waals surface area contributed by atoms with Gasteiger partial charge in [0.15, 0.2) is 0 Å². The van der Waals surface area contributed by atoms with E-state index in [1.807, 2.05) is 5.40 Å². The summed E-state index contributed by atoms with van der Waals surface area (Å²) in [6.45, 7) is 0. The first kappa shape index (κ1) is 12.2. The van der Waals surface area contributed by atoms with Crippen molar-refractivity contribution in [1.82, 2.24) is 10.0 Å². The van der Waals surface area contributed by atoms with Gasteiger partial charge in [0.05, 0.1) is 5.70 Å².